The first kappa shape index (κ1) is 24.6. The van der Waals surface area contributed by atoms with Gasteiger partial charge in [-0.25, -0.2) is 9.37 Å². The van der Waals surface area contributed by atoms with Crippen molar-refractivity contribution in [1.29, 1.82) is 0 Å². The standard InChI is InChI=1S/C28H27ClFN3O2/c1-4-16-32(27(34)20-11-7-6-10-18(20)3)25(5-2)26-31-24-13-9-8-12-21(24)28(35)33(26)19-14-15-23(30)22(29)17-19/h6-15,17,25H,4-5,16H2,1-3H3. The van der Waals surface area contributed by atoms with Crippen LogP contribution < -0.4 is 5.56 Å². The third kappa shape index (κ3) is 4.71. The number of aromatic nitrogens is 2. The molecule has 0 saturated heterocycles. The number of hydrogen-bond donors (Lipinski definition) is 0. The maximum absolute atomic E-state index is 14.0. The predicted molar refractivity (Wildman–Crippen MR) is 138 cm³/mol. The quantitative estimate of drug-likeness (QED) is 0.297. The molecule has 0 spiro atoms. The smallest absolute Gasteiger partial charge is 0.266 e. The lowest BCUT2D eigenvalue weighted by Gasteiger charge is -2.32. The van der Waals surface area contributed by atoms with E-state index in [2.05, 4.69) is 0 Å². The normalized spacial score (nSPS) is 12.0. The van der Waals surface area contributed by atoms with Crippen molar-refractivity contribution >= 4 is 28.4 Å². The second kappa shape index (κ2) is 10.4. The zero-order valence-electron chi connectivity index (χ0n) is 20.0. The number of nitrogens with zero attached hydrogens (tertiary/aromatic N) is 3. The molecule has 4 aromatic rings. The van der Waals surface area contributed by atoms with Gasteiger partial charge >= 0.3 is 0 Å². The first-order chi connectivity index (χ1) is 16.9. The van der Waals surface area contributed by atoms with Gasteiger partial charge in [0, 0.05) is 12.1 Å². The molecule has 0 radical (unpaired) electrons. The molecule has 0 fully saturated rings. The van der Waals surface area contributed by atoms with Gasteiger partial charge in [0.1, 0.15) is 11.6 Å². The van der Waals surface area contributed by atoms with E-state index in [4.69, 9.17) is 16.6 Å². The highest BCUT2D eigenvalue weighted by Gasteiger charge is 2.30. The minimum Gasteiger partial charge on any atom is -0.328 e. The van der Waals surface area contributed by atoms with Gasteiger partial charge in [0.15, 0.2) is 0 Å². The van der Waals surface area contributed by atoms with Crippen molar-refractivity contribution in [3.05, 3.63) is 105 Å². The van der Waals surface area contributed by atoms with Crippen LogP contribution in [0.1, 0.15) is 54.5 Å². The molecule has 1 heterocycles. The van der Waals surface area contributed by atoms with Gasteiger partial charge in [-0.15, -0.1) is 0 Å². The number of carbonyl (C=O) groups is 1. The Morgan fingerprint density at radius 3 is 2.49 bits per heavy atom. The maximum Gasteiger partial charge on any atom is 0.266 e. The summed E-state index contributed by atoms with van der Waals surface area (Å²) in [6, 6.07) is 18.2. The number of benzene rings is 3. The van der Waals surface area contributed by atoms with E-state index in [-0.39, 0.29) is 16.5 Å². The summed E-state index contributed by atoms with van der Waals surface area (Å²) < 4.78 is 15.4. The van der Waals surface area contributed by atoms with E-state index in [9.17, 15) is 14.0 Å². The second-order valence-corrected chi connectivity index (χ2v) is 8.87. The van der Waals surface area contributed by atoms with Crippen molar-refractivity contribution in [2.45, 2.75) is 39.7 Å². The molecule has 1 atom stereocenters. The van der Waals surface area contributed by atoms with E-state index in [1.54, 1.807) is 23.1 Å². The first-order valence-corrected chi connectivity index (χ1v) is 12.1. The Kier molecular flexibility index (Phi) is 7.31. The SMILES string of the molecule is CCCN(C(=O)c1ccccc1C)C(CC)c1nc2ccccc2c(=O)n1-c1ccc(F)c(Cl)c1. The van der Waals surface area contributed by atoms with Crippen LogP contribution >= 0.6 is 11.6 Å². The number of hydrogen-bond acceptors (Lipinski definition) is 3. The lowest BCUT2D eigenvalue weighted by atomic mass is 10.0. The maximum atomic E-state index is 14.0. The Bertz CT molecular complexity index is 1450. The van der Waals surface area contributed by atoms with Crippen LogP contribution in [-0.2, 0) is 0 Å². The Morgan fingerprint density at radius 2 is 1.80 bits per heavy atom. The van der Waals surface area contributed by atoms with Crippen LogP contribution in [0.15, 0.2) is 71.5 Å². The molecule has 0 aliphatic carbocycles. The molecule has 180 valence electrons. The lowest BCUT2D eigenvalue weighted by molar-refractivity contribution is 0.0658. The summed E-state index contributed by atoms with van der Waals surface area (Å²) >= 11 is 6.08. The number of fused-ring (bicyclic) bond motifs is 1. The van der Waals surface area contributed by atoms with Crippen molar-refractivity contribution in [2.24, 2.45) is 0 Å². The molecule has 4 rings (SSSR count). The van der Waals surface area contributed by atoms with E-state index in [0.717, 1.165) is 12.0 Å². The van der Waals surface area contributed by atoms with Gasteiger partial charge in [-0.2, -0.15) is 0 Å². The van der Waals surface area contributed by atoms with Crippen molar-refractivity contribution in [1.82, 2.24) is 14.5 Å². The van der Waals surface area contributed by atoms with Gasteiger partial charge in [0.25, 0.3) is 11.5 Å². The Hall–Kier alpha value is -3.51. The van der Waals surface area contributed by atoms with Crippen LogP contribution in [0, 0.1) is 12.7 Å². The average Bonchev–Trinajstić information content (AvgIpc) is 2.86. The van der Waals surface area contributed by atoms with Crippen molar-refractivity contribution in [2.75, 3.05) is 6.54 Å². The topological polar surface area (TPSA) is 55.2 Å². The van der Waals surface area contributed by atoms with Crippen molar-refractivity contribution < 1.29 is 9.18 Å². The molecule has 0 N–H and O–H groups in total. The zero-order chi connectivity index (χ0) is 25.1. The molecule has 0 aliphatic rings. The fraction of sp³-hybridized carbons (Fsp3) is 0.250. The molecular formula is C28H27ClFN3O2. The minimum atomic E-state index is -0.576. The molecule has 0 aliphatic heterocycles. The predicted octanol–water partition coefficient (Wildman–Crippen LogP) is 6.49. The largest absolute Gasteiger partial charge is 0.328 e. The van der Waals surface area contributed by atoms with Gasteiger partial charge in [0.2, 0.25) is 0 Å². The second-order valence-electron chi connectivity index (χ2n) is 8.46. The average molecular weight is 492 g/mol. The van der Waals surface area contributed by atoms with E-state index in [0.29, 0.717) is 40.9 Å². The lowest BCUT2D eigenvalue weighted by Crippen LogP contribution is -2.39. The molecule has 1 amide bonds. The fourth-order valence-electron chi connectivity index (χ4n) is 4.40. The van der Waals surface area contributed by atoms with E-state index < -0.39 is 11.9 Å². The molecule has 1 aromatic heterocycles. The third-order valence-electron chi connectivity index (χ3n) is 6.12. The van der Waals surface area contributed by atoms with Gasteiger partial charge in [-0.3, -0.25) is 14.2 Å². The zero-order valence-corrected chi connectivity index (χ0v) is 20.7. The van der Waals surface area contributed by atoms with Crippen LogP contribution in [0.2, 0.25) is 5.02 Å². The molecule has 35 heavy (non-hydrogen) atoms. The molecular weight excluding hydrogens is 465 g/mol. The van der Waals surface area contributed by atoms with Gasteiger partial charge < -0.3 is 4.90 Å². The Balaban J connectivity index is 1.97. The summed E-state index contributed by atoms with van der Waals surface area (Å²) in [6.45, 7) is 6.36. The highest BCUT2D eigenvalue weighted by molar-refractivity contribution is 6.30. The van der Waals surface area contributed by atoms with E-state index in [1.165, 1.54) is 22.8 Å². The molecule has 0 saturated carbocycles. The van der Waals surface area contributed by atoms with Crippen LogP contribution in [0.5, 0.6) is 0 Å². The number of carbonyl (C=O) groups excluding carboxylic acids is 1. The minimum absolute atomic E-state index is 0.0945. The summed E-state index contributed by atoms with van der Waals surface area (Å²) in [7, 11) is 0. The summed E-state index contributed by atoms with van der Waals surface area (Å²) in [5.41, 5.74) is 2.12. The van der Waals surface area contributed by atoms with Gasteiger partial charge in [-0.1, -0.05) is 55.8 Å². The summed E-state index contributed by atoms with van der Waals surface area (Å²) in [5, 5.41) is 0.335. The highest BCUT2D eigenvalue weighted by Crippen LogP contribution is 2.29. The van der Waals surface area contributed by atoms with Crippen LogP contribution in [0.3, 0.4) is 0 Å². The van der Waals surface area contributed by atoms with E-state index in [1.807, 2.05) is 51.1 Å². The number of amides is 1. The molecule has 7 heteroatoms. The first-order valence-electron chi connectivity index (χ1n) is 11.7. The number of aryl methyl sites for hydroxylation is 1. The summed E-state index contributed by atoms with van der Waals surface area (Å²) in [6.07, 6.45) is 1.26. The number of rotatable bonds is 7. The monoisotopic (exact) mass is 491 g/mol. The summed E-state index contributed by atoms with van der Waals surface area (Å²) in [4.78, 5) is 34.1. The highest BCUT2D eigenvalue weighted by atomic mass is 35.5. The van der Waals surface area contributed by atoms with Crippen LogP contribution in [0.25, 0.3) is 16.6 Å². The number of halogens is 2. The Morgan fingerprint density at radius 1 is 1.09 bits per heavy atom. The van der Waals surface area contributed by atoms with Crippen molar-refractivity contribution in [3.8, 4) is 5.69 Å². The molecule has 0 bridgehead atoms. The van der Waals surface area contributed by atoms with Gasteiger partial charge in [-0.05, 0) is 61.7 Å². The van der Waals surface area contributed by atoms with Crippen LogP contribution in [0.4, 0.5) is 4.39 Å². The van der Waals surface area contributed by atoms with Crippen molar-refractivity contribution in [3.63, 3.8) is 0 Å². The van der Waals surface area contributed by atoms with Gasteiger partial charge in [0.05, 0.1) is 27.7 Å². The van der Waals surface area contributed by atoms with E-state index >= 15 is 0 Å². The molecule has 5 nitrogen and oxygen atoms in total. The Labute approximate surface area is 208 Å². The molecule has 3 aromatic carbocycles. The third-order valence-corrected chi connectivity index (χ3v) is 6.41. The number of para-hydroxylation sites is 1. The fourth-order valence-corrected chi connectivity index (χ4v) is 4.57. The molecule has 1 unspecified atom stereocenters. The summed E-state index contributed by atoms with van der Waals surface area (Å²) in [5.74, 6) is -0.287. The van der Waals surface area contributed by atoms with Crippen LogP contribution in [-0.4, -0.2) is 26.9 Å².